The number of amides is 2. The summed E-state index contributed by atoms with van der Waals surface area (Å²) in [5, 5.41) is 2.93. The summed E-state index contributed by atoms with van der Waals surface area (Å²) in [5.74, 6) is 0.753. The molecular formula is C24H40N2O3. The highest BCUT2D eigenvalue weighted by Gasteiger charge is 2.26. The van der Waals surface area contributed by atoms with Crippen molar-refractivity contribution >= 4 is 17.7 Å². The molecule has 1 N–H and O–H groups in total. The third-order valence-corrected chi connectivity index (χ3v) is 5.34. The van der Waals surface area contributed by atoms with Crippen molar-refractivity contribution in [1.29, 1.82) is 0 Å². The summed E-state index contributed by atoms with van der Waals surface area (Å²) >= 11 is 0. The van der Waals surface area contributed by atoms with Gasteiger partial charge in [-0.25, -0.2) is 4.79 Å². The Hall–Kier alpha value is -2.04. The Morgan fingerprint density at radius 2 is 1.76 bits per heavy atom. The normalized spacial score (nSPS) is 15.4. The highest BCUT2D eigenvalue weighted by atomic mass is 16.6. The first kappa shape index (κ1) is 23.2. The minimum Gasteiger partial charge on any atom is -0.444 e. The van der Waals surface area contributed by atoms with Gasteiger partial charge in [0.05, 0.1) is 0 Å². The number of nitrogens with zero attached hydrogens (tertiary/aromatic N) is 1. The van der Waals surface area contributed by atoms with Gasteiger partial charge in [0.25, 0.3) is 0 Å². The number of hydrogen-bond donors (Lipinski definition) is 1. The van der Waals surface area contributed by atoms with Crippen LogP contribution in [0.15, 0.2) is 24.3 Å². The van der Waals surface area contributed by atoms with E-state index in [9.17, 15) is 9.59 Å². The van der Waals surface area contributed by atoms with Gasteiger partial charge < -0.3 is 15.0 Å². The second-order valence-electron chi connectivity index (χ2n) is 9.50. The predicted molar refractivity (Wildman–Crippen MR) is 120 cm³/mol. The minimum atomic E-state index is -0.424. The predicted octanol–water partition coefficient (Wildman–Crippen LogP) is 5.89. The summed E-state index contributed by atoms with van der Waals surface area (Å²) in [7, 11) is 0. The molecule has 0 aliphatic carbocycles. The van der Waals surface area contributed by atoms with Crippen LogP contribution in [0, 0.1) is 11.8 Å². The fraction of sp³-hybridized carbons (Fsp3) is 0.667. The molecule has 1 aliphatic heterocycles. The molecule has 0 radical (unpaired) electrons. The maximum absolute atomic E-state index is 12.1. The summed E-state index contributed by atoms with van der Waals surface area (Å²) in [6.45, 7) is 11.1. The molecule has 5 heteroatoms. The molecule has 1 fully saturated rings. The maximum Gasteiger partial charge on any atom is 0.410 e. The fourth-order valence-corrected chi connectivity index (χ4v) is 3.53. The Kier molecular flexibility index (Phi) is 8.54. The fourth-order valence-electron chi connectivity index (χ4n) is 3.53. The first-order chi connectivity index (χ1) is 13.6. The molecule has 0 atom stereocenters. The number of anilines is 1. The molecule has 0 saturated carbocycles. The zero-order valence-corrected chi connectivity index (χ0v) is 18.8. The van der Waals surface area contributed by atoms with Gasteiger partial charge in [-0.05, 0) is 70.1 Å². The number of likely N-dealkylation sites (tertiary alicyclic amines) is 1. The van der Waals surface area contributed by atoms with E-state index in [1.54, 1.807) is 0 Å². The van der Waals surface area contributed by atoms with Crippen molar-refractivity contribution in [2.75, 3.05) is 18.4 Å². The van der Waals surface area contributed by atoms with E-state index in [4.69, 9.17) is 4.74 Å². The molecular weight excluding hydrogens is 364 g/mol. The van der Waals surface area contributed by atoms with Gasteiger partial charge in [-0.2, -0.15) is 0 Å². The van der Waals surface area contributed by atoms with Gasteiger partial charge in [0, 0.05) is 26.1 Å². The number of carbonyl (C=O) groups is 2. The summed E-state index contributed by atoms with van der Waals surface area (Å²) in [6.07, 6.45) is 6.64. The van der Waals surface area contributed by atoms with Crippen molar-refractivity contribution in [2.24, 2.45) is 11.8 Å². The molecule has 2 rings (SSSR count). The molecule has 1 aromatic carbocycles. The molecule has 1 aromatic rings. The van der Waals surface area contributed by atoms with Crippen LogP contribution in [-0.2, 0) is 16.0 Å². The Morgan fingerprint density at radius 1 is 1.14 bits per heavy atom. The van der Waals surface area contributed by atoms with E-state index in [1.165, 1.54) is 24.8 Å². The van der Waals surface area contributed by atoms with Gasteiger partial charge in [-0.15, -0.1) is 0 Å². The largest absolute Gasteiger partial charge is 0.444 e. The molecule has 0 unspecified atom stereocenters. The van der Waals surface area contributed by atoms with Crippen molar-refractivity contribution in [1.82, 2.24) is 4.90 Å². The number of benzene rings is 1. The van der Waals surface area contributed by atoms with Crippen LogP contribution < -0.4 is 5.32 Å². The number of hydrogen-bond acceptors (Lipinski definition) is 3. The summed E-state index contributed by atoms with van der Waals surface area (Å²) in [5.41, 5.74) is 1.75. The highest BCUT2D eigenvalue weighted by Crippen LogP contribution is 2.24. The molecule has 1 saturated heterocycles. The number of piperidine rings is 1. The Balaban J connectivity index is 0.00000450. The van der Waals surface area contributed by atoms with Gasteiger partial charge in [-0.1, -0.05) is 38.8 Å². The van der Waals surface area contributed by atoms with E-state index in [0.717, 1.165) is 38.0 Å². The average Bonchev–Trinajstić information content (AvgIpc) is 2.65. The lowest BCUT2D eigenvalue weighted by Gasteiger charge is -2.33. The zero-order chi connectivity index (χ0) is 21.4. The third kappa shape index (κ3) is 8.46. The number of nitrogens with one attached hydrogen (secondary N) is 1. The van der Waals surface area contributed by atoms with Crippen LogP contribution in [0.25, 0.3) is 0 Å². The highest BCUT2D eigenvalue weighted by molar-refractivity contribution is 5.92. The van der Waals surface area contributed by atoms with Gasteiger partial charge in [-0.3, -0.25) is 4.79 Å². The summed E-state index contributed by atoms with van der Waals surface area (Å²) in [6, 6.07) is 8.19. The molecule has 1 aliphatic rings. The Bertz CT molecular complexity index is 660. The monoisotopic (exact) mass is 404 g/mol. The molecule has 164 valence electrons. The maximum atomic E-state index is 12.1. The van der Waals surface area contributed by atoms with Gasteiger partial charge in [0.1, 0.15) is 5.60 Å². The molecule has 1 heterocycles. The number of ether oxygens (including phenoxy) is 1. The van der Waals surface area contributed by atoms with Gasteiger partial charge in [0.15, 0.2) is 0 Å². The zero-order valence-electron chi connectivity index (χ0n) is 18.8. The quantitative estimate of drug-likeness (QED) is 0.577. The SMILES string of the molecule is CC(C)C(=O)Nc1ccc(CCCCC2CCN(C(=O)OC(C)(C)C)CC2)cc1.[HH]. The average molecular weight is 405 g/mol. The van der Waals surface area contributed by atoms with E-state index in [-0.39, 0.29) is 19.3 Å². The molecule has 0 spiro atoms. The molecule has 29 heavy (non-hydrogen) atoms. The van der Waals surface area contributed by atoms with E-state index in [1.807, 2.05) is 51.7 Å². The van der Waals surface area contributed by atoms with E-state index in [0.29, 0.717) is 5.92 Å². The van der Waals surface area contributed by atoms with Crippen LogP contribution in [0.2, 0.25) is 0 Å². The minimum absolute atomic E-state index is 0. The van der Waals surface area contributed by atoms with Crippen molar-refractivity contribution in [2.45, 2.75) is 78.7 Å². The number of carbonyl (C=O) groups excluding carboxylic acids is 2. The lowest BCUT2D eigenvalue weighted by molar-refractivity contribution is -0.118. The Morgan fingerprint density at radius 3 is 2.31 bits per heavy atom. The number of unbranched alkanes of at least 4 members (excludes halogenated alkanes) is 1. The van der Waals surface area contributed by atoms with Crippen molar-refractivity contribution in [3.8, 4) is 0 Å². The molecule has 2 amide bonds. The van der Waals surface area contributed by atoms with Crippen LogP contribution >= 0.6 is 0 Å². The van der Waals surface area contributed by atoms with Crippen LogP contribution in [0.5, 0.6) is 0 Å². The topological polar surface area (TPSA) is 58.6 Å². The molecule has 0 bridgehead atoms. The van der Waals surface area contributed by atoms with Crippen molar-refractivity contribution in [3.63, 3.8) is 0 Å². The first-order valence-electron chi connectivity index (χ1n) is 11.0. The number of rotatable bonds is 7. The lowest BCUT2D eigenvalue weighted by atomic mass is 9.91. The summed E-state index contributed by atoms with van der Waals surface area (Å²) in [4.78, 5) is 25.7. The van der Waals surface area contributed by atoms with Crippen LogP contribution in [0.1, 0.15) is 73.7 Å². The Labute approximate surface area is 177 Å². The molecule has 5 nitrogen and oxygen atoms in total. The smallest absolute Gasteiger partial charge is 0.410 e. The van der Waals surface area contributed by atoms with Crippen LogP contribution in [-0.4, -0.2) is 35.6 Å². The van der Waals surface area contributed by atoms with E-state index in [2.05, 4.69) is 17.4 Å². The lowest BCUT2D eigenvalue weighted by Crippen LogP contribution is -2.41. The van der Waals surface area contributed by atoms with Gasteiger partial charge >= 0.3 is 6.09 Å². The van der Waals surface area contributed by atoms with Crippen molar-refractivity contribution < 1.29 is 15.8 Å². The second-order valence-corrected chi connectivity index (χ2v) is 9.50. The number of aryl methyl sites for hydroxylation is 1. The summed E-state index contributed by atoms with van der Waals surface area (Å²) < 4.78 is 5.46. The standard InChI is InChI=1S/C24H38N2O3.H2/c1-18(2)22(27)25-21-12-10-19(11-13-21)8-6-7-9-20-14-16-26(17-15-20)23(28)29-24(3,4)5;/h10-13,18,20H,6-9,14-17H2,1-5H3,(H,25,27);1H. The van der Waals surface area contributed by atoms with E-state index < -0.39 is 5.60 Å². The van der Waals surface area contributed by atoms with Crippen LogP contribution in [0.3, 0.4) is 0 Å². The molecule has 0 aromatic heterocycles. The second kappa shape index (κ2) is 10.7. The van der Waals surface area contributed by atoms with Crippen LogP contribution in [0.4, 0.5) is 10.5 Å². The van der Waals surface area contributed by atoms with E-state index >= 15 is 0 Å². The van der Waals surface area contributed by atoms with Crippen molar-refractivity contribution in [3.05, 3.63) is 29.8 Å². The third-order valence-electron chi connectivity index (χ3n) is 5.34. The van der Waals surface area contributed by atoms with Gasteiger partial charge in [0.2, 0.25) is 5.91 Å². The first-order valence-corrected chi connectivity index (χ1v) is 11.0.